The number of nitrogens with one attached hydrogen (secondary N) is 1. The summed E-state index contributed by atoms with van der Waals surface area (Å²) in [6.45, 7) is 6.17. The summed E-state index contributed by atoms with van der Waals surface area (Å²) in [6, 6.07) is 7.85. The molecule has 2 aromatic rings. The molecule has 1 atom stereocenters. The van der Waals surface area contributed by atoms with E-state index in [1.165, 1.54) is 0 Å². The normalized spacial score (nSPS) is 18.5. The predicted molar refractivity (Wildman–Crippen MR) is 91.9 cm³/mol. The monoisotopic (exact) mass is 365 g/mol. The van der Waals surface area contributed by atoms with Gasteiger partial charge in [-0.25, -0.2) is 4.39 Å². The number of alkyl halides is 3. The van der Waals surface area contributed by atoms with Gasteiger partial charge in [-0.3, -0.25) is 4.79 Å². The van der Waals surface area contributed by atoms with Gasteiger partial charge in [0.05, 0.1) is 11.1 Å². The van der Waals surface area contributed by atoms with Crippen LogP contribution in [0.1, 0.15) is 60.2 Å². The molecule has 2 nitrogen and oxygen atoms in total. The molecule has 2 aromatic carbocycles. The van der Waals surface area contributed by atoms with Gasteiger partial charge in [-0.2, -0.15) is 13.2 Å². The summed E-state index contributed by atoms with van der Waals surface area (Å²) >= 11 is 0. The molecule has 0 spiro atoms. The maximum Gasteiger partial charge on any atom is 0.417 e. The average Bonchev–Trinajstić information content (AvgIpc) is 2.76. The van der Waals surface area contributed by atoms with E-state index in [9.17, 15) is 22.4 Å². The highest BCUT2D eigenvalue weighted by atomic mass is 19.4. The van der Waals surface area contributed by atoms with Crippen molar-refractivity contribution in [1.29, 1.82) is 0 Å². The van der Waals surface area contributed by atoms with E-state index in [2.05, 4.69) is 19.2 Å². The zero-order chi connectivity index (χ0) is 19.3. The van der Waals surface area contributed by atoms with Gasteiger partial charge in [0.2, 0.25) is 0 Å². The first-order valence-electron chi connectivity index (χ1n) is 8.33. The average molecular weight is 365 g/mol. The van der Waals surface area contributed by atoms with E-state index in [1.54, 1.807) is 12.1 Å². The molecule has 0 aliphatic heterocycles. The summed E-state index contributed by atoms with van der Waals surface area (Å²) in [5.41, 5.74) is 0.0218. The van der Waals surface area contributed by atoms with Crippen LogP contribution in [0.3, 0.4) is 0 Å². The number of amides is 1. The van der Waals surface area contributed by atoms with Crippen LogP contribution in [-0.2, 0) is 11.6 Å². The van der Waals surface area contributed by atoms with Crippen LogP contribution in [0.15, 0.2) is 36.4 Å². The highest BCUT2D eigenvalue weighted by Crippen LogP contribution is 2.48. The molecular formula is C20H19F4NO. The van der Waals surface area contributed by atoms with Gasteiger partial charge < -0.3 is 5.32 Å². The number of hydrogen-bond acceptors (Lipinski definition) is 1. The number of halogens is 4. The molecule has 0 aromatic heterocycles. The van der Waals surface area contributed by atoms with Gasteiger partial charge in [0, 0.05) is 5.69 Å². The van der Waals surface area contributed by atoms with Gasteiger partial charge in [-0.15, -0.1) is 0 Å². The molecule has 0 bridgehead atoms. The number of benzene rings is 2. The van der Waals surface area contributed by atoms with E-state index >= 15 is 0 Å². The molecular weight excluding hydrogens is 346 g/mol. The minimum absolute atomic E-state index is 0.0926. The molecule has 0 heterocycles. The molecule has 0 radical (unpaired) electrons. The van der Waals surface area contributed by atoms with Crippen LogP contribution >= 0.6 is 0 Å². The second-order valence-corrected chi connectivity index (χ2v) is 7.37. The Morgan fingerprint density at radius 2 is 1.81 bits per heavy atom. The summed E-state index contributed by atoms with van der Waals surface area (Å²) in [6.07, 6.45) is -3.95. The molecule has 1 aliphatic carbocycles. The lowest BCUT2D eigenvalue weighted by molar-refractivity contribution is -0.138. The van der Waals surface area contributed by atoms with Crippen molar-refractivity contribution in [2.45, 2.75) is 44.7 Å². The van der Waals surface area contributed by atoms with Crippen LogP contribution < -0.4 is 5.32 Å². The van der Waals surface area contributed by atoms with Gasteiger partial charge in [0.1, 0.15) is 5.82 Å². The van der Waals surface area contributed by atoms with Crippen molar-refractivity contribution in [3.63, 3.8) is 0 Å². The van der Waals surface area contributed by atoms with Gasteiger partial charge in [0.15, 0.2) is 0 Å². The van der Waals surface area contributed by atoms with E-state index in [1.807, 2.05) is 13.0 Å². The first-order chi connectivity index (χ1) is 12.0. The zero-order valence-electron chi connectivity index (χ0n) is 14.7. The van der Waals surface area contributed by atoms with Crippen molar-refractivity contribution in [3.05, 3.63) is 64.5 Å². The summed E-state index contributed by atoms with van der Waals surface area (Å²) in [5.74, 6) is -2.15. The van der Waals surface area contributed by atoms with Gasteiger partial charge >= 0.3 is 6.18 Å². The van der Waals surface area contributed by atoms with Gasteiger partial charge in [-0.05, 0) is 47.1 Å². The third-order valence-electron chi connectivity index (χ3n) is 4.94. The lowest BCUT2D eigenvalue weighted by atomic mass is 9.86. The van der Waals surface area contributed by atoms with E-state index in [0.29, 0.717) is 11.8 Å². The number of rotatable bonds is 2. The van der Waals surface area contributed by atoms with Crippen LogP contribution in [0, 0.1) is 5.82 Å². The second kappa shape index (κ2) is 6.11. The van der Waals surface area contributed by atoms with Crippen LogP contribution in [0.4, 0.5) is 23.2 Å². The molecule has 0 saturated heterocycles. The Labute approximate surface area is 149 Å². The van der Waals surface area contributed by atoms with Crippen molar-refractivity contribution in [1.82, 2.24) is 0 Å². The molecule has 0 fully saturated rings. The Morgan fingerprint density at radius 3 is 2.46 bits per heavy atom. The van der Waals surface area contributed by atoms with Crippen molar-refractivity contribution < 1.29 is 22.4 Å². The highest BCUT2D eigenvalue weighted by molar-refractivity contribution is 6.06. The number of carbonyl (C=O) groups excluding carboxylic acids is 1. The SMILES string of the molecule is C[C@@H]1CC(C)(C)c2cccc(NC(=O)c3c(F)cccc3C(F)(F)F)c21. The molecule has 1 aliphatic rings. The van der Waals surface area contributed by atoms with Crippen LogP contribution in [0.2, 0.25) is 0 Å². The number of anilines is 1. The molecule has 0 saturated carbocycles. The lowest BCUT2D eigenvalue weighted by Crippen LogP contribution is -2.21. The summed E-state index contributed by atoms with van der Waals surface area (Å²) in [5, 5.41) is 2.50. The quantitative estimate of drug-likeness (QED) is 0.662. The van der Waals surface area contributed by atoms with Crippen molar-refractivity contribution in [3.8, 4) is 0 Å². The molecule has 138 valence electrons. The maximum absolute atomic E-state index is 14.0. The third kappa shape index (κ3) is 3.08. The van der Waals surface area contributed by atoms with Crippen LogP contribution in [0.25, 0.3) is 0 Å². The van der Waals surface area contributed by atoms with Gasteiger partial charge in [-0.1, -0.05) is 39.0 Å². The van der Waals surface area contributed by atoms with E-state index < -0.39 is 29.0 Å². The van der Waals surface area contributed by atoms with Crippen LogP contribution in [0.5, 0.6) is 0 Å². The van der Waals surface area contributed by atoms with E-state index in [4.69, 9.17) is 0 Å². The first kappa shape index (κ1) is 18.4. The smallest absolute Gasteiger partial charge is 0.322 e. The standard InChI is InChI=1S/C20H19F4NO/c1-11-10-19(2,3)12-6-5-9-15(16(11)12)25-18(26)17-13(20(22,23)24)7-4-8-14(17)21/h4-9,11H,10H2,1-3H3,(H,25,26)/t11-/m1/s1. The number of hydrogen-bond donors (Lipinski definition) is 1. The molecule has 3 rings (SSSR count). The summed E-state index contributed by atoms with van der Waals surface area (Å²) in [7, 11) is 0. The van der Waals surface area contributed by atoms with E-state index in [0.717, 1.165) is 29.7 Å². The fraction of sp³-hybridized carbons (Fsp3) is 0.350. The van der Waals surface area contributed by atoms with Crippen molar-refractivity contribution in [2.75, 3.05) is 5.32 Å². The fourth-order valence-electron chi connectivity index (χ4n) is 3.95. The van der Waals surface area contributed by atoms with Gasteiger partial charge in [0.25, 0.3) is 5.91 Å². The van der Waals surface area contributed by atoms with Crippen molar-refractivity contribution in [2.24, 2.45) is 0 Å². The largest absolute Gasteiger partial charge is 0.417 e. The minimum atomic E-state index is -4.82. The number of fused-ring (bicyclic) bond motifs is 1. The Kier molecular flexibility index (Phi) is 4.33. The topological polar surface area (TPSA) is 29.1 Å². The molecule has 1 amide bonds. The Bertz CT molecular complexity index is 871. The maximum atomic E-state index is 14.0. The Hall–Kier alpha value is -2.37. The zero-order valence-corrected chi connectivity index (χ0v) is 14.7. The summed E-state index contributed by atoms with van der Waals surface area (Å²) < 4.78 is 53.5. The van der Waals surface area contributed by atoms with E-state index in [-0.39, 0.29) is 11.3 Å². The highest BCUT2D eigenvalue weighted by Gasteiger charge is 2.38. The fourth-order valence-corrected chi connectivity index (χ4v) is 3.95. The Balaban J connectivity index is 2.03. The Morgan fingerprint density at radius 1 is 1.15 bits per heavy atom. The molecule has 0 unspecified atom stereocenters. The lowest BCUT2D eigenvalue weighted by Gasteiger charge is -2.19. The minimum Gasteiger partial charge on any atom is -0.322 e. The predicted octanol–water partition coefficient (Wildman–Crippen LogP) is 5.88. The third-order valence-corrected chi connectivity index (χ3v) is 4.94. The summed E-state index contributed by atoms with van der Waals surface area (Å²) in [4.78, 5) is 12.5. The molecule has 26 heavy (non-hydrogen) atoms. The van der Waals surface area contributed by atoms with Crippen LogP contribution in [-0.4, -0.2) is 5.91 Å². The first-order valence-corrected chi connectivity index (χ1v) is 8.33. The molecule has 1 N–H and O–H groups in total. The second-order valence-electron chi connectivity index (χ2n) is 7.37. The molecule has 6 heteroatoms. The number of carbonyl (C=O) groups is 1. The van der Waals surface area contributed by atoms with Crippen molar-refractivity contribution >= 4 is 11.6 Å².